The Morgan fingerprint density at radius 3 is 2.65 bits per heavy atom. The molecule has 4 aromatic heterocycles. The minimum Gasteiger partial charge on any atom is -0.372 e. The van der Waals surface area contributed by atoms with Crippen molar-refractivity contribution in [1.29, 1.82) is 0 Å². The topological polar surface area (TPSA) is 125 Å². The first-order valence-corrected chi connectivity index (χ1v) is 10.1. The predicted molar refractivity (Wildman–Crippen MR) is 119 cm³/mol. The Balaban J connectivity index is 1.65. The molecule has 10 heteroatoms. The van der Waals surface area contributed by atoms with E-state index in [4.69, 9.17) is 0 Å². The van der Waals surface area contributed by atoms with Gasteiger partial charge in [-0.3, -0.25) is 14.5 Å². The maximum absolute atomic E-state index is 13.2. The second-order valence-electron chi connectivity index (χ2n) is 7.92. The van der Waals surface area contributed by atoms with Gasteiger partial charge in [-0.05, 0) is 18.1 Å². The highest BCUT2D eigenvalue weighted by atomic mass is 16.1. The fourth-order valence-corrected chi connectivity index (χ4v) is 3.90. The van der Waals surface area contributed by atoms with Gasteiger partial charge in [0.25, 0.3) is 5.56 Å². The molecule has 4 aromatic rings. The molecule has 10 nitrogen and oxygen atoms in total. The summed E-state index contributed by atoms with van der Waals surface area (Å²) < 4.78 is 1.69. The van der Waals surface area contributed by atoms with E-state index < -0.39 is 6.17 Å². The fourth-order valence-electron chi connectivity index (χ4n) is 3.90. The van der Waals surface area contributed by atoms with E-state index in [0.29, 0.717) is 28.1 Å². The summed E-state index contributed by atoms with van der Waals surface area (Å²) in [4.78, 5) is 29.2. The molecule has 0 saturated carbocycles. The zero-order chi connectivity index (χ0) is 21.5. The Morgan fingerprint density at radius 1 is 1.13 bits per heavy atom. The lowest BCUT2D eigenvalue weighted by atomic mass is 10.0. The number of aromatic amines is 1. The van der Waals surface area contributed by atoms with Gasteiger partial charge in [0.05, 0.1) is 40.4 Å². The molecule has 0 fully saturated rings. The van der Waals surface area contributed by atoms with Crippen LogP contribution in [0.4, 0.5) is 17.1 Å². The number of fused-ring (bicyclic) bond motifs is 2. The number of aryl methyl sites for hydroxylation is 1. The van der Waals surface area contributed by atoms with Crippen LogP contribution in [0.1, 0.15) is 37.4 Å². The molecule has 0 aromatic carbocycles. The smallest absolute Gasteiger partial charge is 0.257 e. The Hall–Kier alpha value is -3.95. The van der Waals surface area contributed by atoms with Gasteiger partial charge in [0.1, 0.15) is 11.7 Å². The van der Waals surface area contributed by atoms with Crippen LogP contribution in [0.5, 0.6) is 0 Å². The highest BCUT2D eigenvalue weighted by Crippen LogP contribution is 2.38. The van der Waals surface area contributed by atoms with Gasteiger partial charge in [0, 0.05) is 31.8 Å². The molecule has 0 spiro atoms. The summed E-state index contributed by atoms with van der Waals surface area (Å²) in [5.74, 6) is 0.826. The maximum atomic E-state index is 13.2. The third-order valence-corrected chi connectivity index (χ3v) is 5.37. The highest BCUT2D eigenvalue weighted by molar-refractivity contribution is 5.90. The number of nitrogens with one attached hydrogen (secondary N) is 4. The number of rotatable bonds is 5. The molecule has 1 aliphatic rings. The van der Waals surface area contributed by atoms with Crippen molar-refractivity contribution in [3.05, 3.63) is 64.9 Å². The molecular weight excluding hydrogens is 394 g/mol. The Bertz CT molecular complexity index is 1270. The summed E-state index contributed by atoms with van der Waals surface area (Å²) in [6.45, 7) is 4.17. The van der Waals surface area contributed by atoms with Crippen molar-refractivity contribution in [2.75, 3.05) is 16.0 Å². The van der Waals surface area contributed by atoms with Crippen LogP contribution in [-0.2, 0) is 7.05 Å². The molecule has 5 rings (SSSR count). The summed E-state index contributed by atoms with van der Waals surface area (Å²) in [5, 5.41) is 14.9. The lowest BCUT2D eigenvalue weighted by Gasteiger charge is -2.25. The van der Waals surface area contributed by atoms with E-state index in [9.17, 15) is 4.79 Å². The summed E-state index contributed by atoms with van der Waals surface area (Å²) >= 11 is 0. The van der Waals surface area contributed by atoms with Gasteiger partial charge >= 0.3 is 0 Å². The van der Waals surface area contributed by atoms with Crippen molar-refractivity contribution in [2.24, 2.45) is 13.0 Å². The summed E-state index contributed by atoms with van der Waals surface area (Å²) in [6.07, 6.45) is 8.24. The molecule has 0 saturated heterocycles. The van der Waals surface area contributed by atoms with Crippen LogP contribution in [0.15, 0.2) is 47.9 Å². The second-order valence-corrected chi connectivity index (χ2v) is 7.92. The minimum atomic E-state index is -0.443. The zero-order valence-electron chi connectivity index (χ0n) is 17.4. The Morgan fingerprint density at radius 2 is 1.90 bits per heavy atom. The van der Waals surface area contributed by atoms with E-state index in [1.165, 1.54) is 0 Å². The van der Waals surface area contributed by atoms with Gasteiger partial charge in [-0.25, -0.2) is 9.97 Å². The first-order chi connectivity index (χ1) is 15.0. The van der Waals surface area contributed by atoms with Gasteiger partial charge < -0.3 is 20.9 Å². The predicted octanol–water partition coefficient (Wildman–Crippen LogP) is 2.79. The molecule has 4 N–H and O–H groups in total. The fraction of sp³-hybridized carbons (Fsp3) is 0.286. The van der Waals surface area contributed by atoms with Crippen LogP contribution >= 0.6 is 0 Å². The van der Waals surface area contributed by atoms with E-state index in [2.05, 4.69) is 54.8 Å². The second kappa shape index (κ2) is 7.38. The standard InChI is InChI=1S/C21H23N9O/c1-11(2)16(20-23-6-4-7-24-20)28-18-15(19-25-12-5-8-22-9-13(12)26-19)21(31)27-14-10-30(3)29-17(14)18/h4-11,16,19,25-26,28H,1-3H3,(H,27,31)/t16-,19?/m0/s1. The van der Waals surface area contributed by atoms with Gasteiger partial charge in [-0.2, -0.15) is 5.10 Å². The van der Waals surface area contributed by atoms with Crippen molar-refractivity contribution in [3.8, 4) is 0 Å². The van der Waals surface area contributed by atoms with Crippen LogP contribution in [0, 0.1) is 5.92 Å². The molecule has 1 aliphatic heterocycles. The number of pyridine rings is 2. The van der Waals surface area contributed by atoms with E-state index in [1.807, 2.05) is 13.1 Å². The Kier molecular flexibility index (Phi) is 4.54. The molecule has 0 amide bonds. The maximum Gasteiger partial charge on any atom is 0.257 e. The van der Waals surface area contributed by atoms with E-state index in [-0.39, 0.29) is 17.5 Å². The molecular formula is C21H23N9O. The first-order valence-electron chi connectivity index (χ1n) is 10.1. The number of anilines is 3. The average molecular weight is 417 g/mol. The molecule has 5 heterocycles. The van der Waals surface area contributed by atoms with Crippen LogP contribution < -0.4 is 21.5 Å². The van der Waals surface area contributed by atoms with Crippen molar-refractivity contribution in [2.45, 2.75) is 26.1 Å². The molecule has 0 aliphatic carbocycles. The van der Waals surface area contributed by atoms with Crippen LogP contribution in [0.3, 0.4) is 0 Å². The molecule has 0 bridgehead atoms. The quantitative estimate of drug-likeness (QED) is 0.391. The number of nitrogens with zero attached hydrogens (tertiary/aromatic N) is 5. The normalized spacial score (nSPS) is 16.1. The van der Waals surface area contributed by atoms with Gasteiger partial charge in [0.2, 0.25) is 0 Å². The third kappa shape index (κ3) is 3.35. The highest BCUT2D eigenvalue weighted by Gasteiger charge is 2.30. The zero-order valence-corrected chi connectivity index (χ0v) is 17.4. The van der Waals surface area contributed by atoms with Crippen LogP contribution in [0.2, 0.25) is 0 Å². The molecule has 1 unspecified atom stereocenters. The molecule has 2 atom stereocenters. The van der Waals surface area contributed by atoms with Gasteiger partial charge in [-0.1, -0.05) is 13.8 Å². The van der Waals surface area contributed by atoms with Crippen molar-refractivity contribution in [3.63, 3.8) is 0 Å². The van der Waals surface area contributed by atoms with Crippen molar-refractivity contribution in [1.82, 2.24) is 29.7 Å². The largest absolute Gasteiger partial charge is 0.372 e. The van der Waals surface area contributed by atoms with Crippen molar-refractivity contribution >= 4 is 28.1 Å². The number of hydrogen-bond donors (Lipinski definition) is 4. The number of hydrogen-bond acceptors (Lipinski definition) is 8. The van der Waals surface area contributed by atoms with E-state index in [0.717, 1.165) is 11.4 Å². The lowest BCUT2D eigenvalue weighted by molar-refractivity contribution is 0.521. The lowest BCUT2D eigenvalue weighted by Crippen LogP contribution is -2.28. The van der Waals surface area contributed by atoms with E-state index >= 15 is 0 Å². The summed E-state index contributed by atoms with van der Waals surface area (Å²) in [7, 11) is 1.83. The van der Waals surface area contributed by atoms with Gasteiger partial charge in [-0.15, -0.1) is 0 Å². The molecule has 0 radical (unpaired) electrons. The van der Waals surface area contributed by atoms with Crippen molar-refractivity contribution < 1.29 is 0 Å². The van der Waals surface area contributed by atoms with E-state index in [1.54, 1.807) is 41.7 Å². The number of aromatic nitrogens is 6. The van der Waals surface area contributed by atoms with Gasteiger partial charge in [0.15, 0.2) is 5.82 Å². The molecule has 158 valence electrons. The Labute approximate surface area is 178 Å². The van der Waals surface area contributed by atoms with Crippen LogP contribution in [-0.4, -0.2) is 29.7 Å². The molecule has 31 heavy (non-hydrogen) atoms. The minimum absolute atomic E-state index is 0.166. The monoisotopic (exact) mass is 417 g/mol. The first kappa shape index (κ1) is 19.0. The summed E-state index contributed by atoms with van der Waals surface area (Å²) in [5.41, 5.74) is 4.03. The summed E-state index contributed by atoms with van der Waals surface area (Å²) in [6, 6.07) is 3.45. The third-order valence-electron chi connectivity index (χ3n) is 5.37. The average Bonchev–Trinajstić information content (AvgIpc) is 3.34. The van der Waals surface area contributed by atoms with Crippen LogP contribution in [0.25, 0.3) is 11.0 Å². The SMILES string of the molecule is CC(C)[C@H](Nc1c(C2Nc3ccncc3N2)c(=O)[nH]c2cn(C)nc12)c1ncccn1. The number of H-pyrrole nitrogens is 1.